The number of carbonyl (C=O) groups excluding carboxylic acids is 1. The van der Waals surface area contributed by atoms with E-state index in [9.17, 15) is 19.5 Å². The van der Waals surface area contributed by atoms with Gasteiger partial charge in [0.25, 0.3) is 5.56 Å². The van der Waals surface area contributed by atoms with Crippen LogP contribution in [0.4, 0.5) is 4.39 Å². The number of methoxy groups -OCH3 is 1. The number of amides is 1. The number of nitrogens with one attached hydrogen (secondary N) is 3. The molecule has 6 rings (SSSR count). The van der Waals surface area contributed by atoms with Crippen LogP contribution in [0.5, 0.6) is 5.88 Å². The van der Waals surface area contributed by atoms with E-state index in [-0.39, 0.29) is 54.3 Å². The fourth-order valence-corrected chi connectivity index (χ4v) is 6.80. The van der Waals surface area contributed by atoms with Crippen LogP contribution in [0.15, 0.2) is 71.8 Å². The molecule has 15 heteroatoms. The lowest BCUT2D eigenvalue weighted by atomic mass is 9.97. The summed E-state index contributed by atoms with van der Waals surface area (Å²) in [5, 5.41) is 28.2. The van der Waals surface area contributed by atoms with Crippen molar-refractivity contribution in [3.05, 3.63) is 104 Å². The highest BCUT2D eigenvalue weighted by molar-refractivity contribution is 6.39. The van der Waals surface area contributed by atoms with Crippen molar-refractivity contribution in [1.82, 2.24) is 30.3 Å². The van der Waals surface area contributed by atoms with E-state index in [4.69, 9.17) is 33.0 Å². The Morgan fingerprint density at radius 2 is 1.77 bits per heavy atom. The van der Waals surface area contributed by atoms with E-state index in [1.54, 1.807) is 30.5 Å². The van der Waals surface area contributed by atoms with Crippen LogP contribution in [-0.2, 0) is 22.7 Å². The minimum absolute atomic E-state index is 0.00479. The average Bonchev–Trinajstić information content (AvgIpc) is 3.54. The van der Waals surface area contributed by atoms with Gasteiger partial charge in [-0.25, -0.2) is 14.4 Å². The number of aliphatic hydroxyl groups excluding tert-OH is 1. The molecular weight excluding hydrogens is 714 g/mol. The Balaban J connectivity index is 1.24. The number of ether oxygens (including phenoxy) is 1. The molecule has 52 heavy (non-hydrogen) atoms. The van der Waals surface area contributed by atoms with Crippen molar-refractivity contribution in [1.29, 1.82) is 0 Å². The highest BCUT2D eigenvalue weighted by Crippen LogP contribution is 2.42. The highest BCUT2D eigenvalue weighted by atomic mass is 35.5. The van der Waals surface area contributed by atoms with Crippen LogP contribution in [0.1, 0.15) is 30.4 Å². The Morgan fingerprint density at radius 1 is 1.06 bits per heavy atom. The van der Waals surface area contributed by atoms with E-state index >= 15 is 4.39 Å². The Bertz CT molecular complexity index is 2220. The molecular formula is C37H35Cl2FN6O6. The molecule has 12 nitrogen and oxygen atoms in total. The van der Waals surface area contributed by atoms with Crippen LogP contribution in [0, 0.1) is 5.82 Å². The second-order valence-corrected chi connectivity index (χ2v) is 13.1. The summed E-state index contributed by atoms with van der Waals surface area (Å²) in [6.45, 7) is 0.746. The summed E-state index contributed by atoms with van der Waals surface area (Å²) in [6.07, 6.45) is 2.74. The lowest BCUT2D eigenvalue weighted by molar-refractivity contribution is -0.139. The topological polar surface area (TPSA) is 167 Å². The van der Waals surface area contributed by atoms with Crippen molar-refractivity contribution in [3.63, 3.8) is 0 Å². The molecule has 0 aliphatic carbocycles. The molecule has 1 aliphatic rings. The Labute approximate surface area is 307 Å². The van der Waals surface area contributed by atoms with Gasteiger partial charge in [0.15, 0.2) is 0 Å². The summed E-state index contributed by atoms with van der Waals surface area (Å²) in [7, 11) is 1.42. The van der Waals surface area contributed by atoms with Crippen LogP contribution in [0.2, 0.25) is 10.0 Å². The molecule has 1 saturated heterocycles. The monoisotopic (exact) mass is 748 g/mol. The number of rotatable bonds is 14. The standard InChI is InChI=1S/C37H35Cl2FN6O6/c1-52-36-28(19-42-17-22-8-9-32(48)44-22)29(40)14-30(45-36)27-7-3-6-26(35(27)39)25-5-2-4-24(34(25)38)20-10-11-46-31(12-20)43-16-21(37(46)51)15-41-18-23(47)13-33(49)50/h2-7,10-12,14,16,22-23,41-42,47H,8-9,13,15,17-19H2,1H3,(H,44,48)(H,49,50)/t22-,23-/m1/s1. The van der Waals surface area contributed by atoms with Crippen molar-refractivity contribution in [3.8, 4) is 39.4 Å². The number of fused-ring (bicyclic) bond motifs is 1. The van der Waals surface area contributed by atoms with Gasteiger partial charge in [0.05, 0.1) is 40.9 Å². The third-order valence-corrected chi connectivity index (χ3v) is 9.58. The number of aromatic nitrogens is 3. The van der Waals surface area contributed by atoms with Crippen molar-refractivity contribution < 1.29 is 28.9 Å². The summed E-state index contributed by atoms with van der Waals surface area (Å²) in [5.74, 6) is -1.51. The summed E-state index contributed by atoms with van der Waals surface area (Å²) in [4.78, 5) is 44.4. The summed E-state index contributed by atoms with van der Waals surface area (Å²) >= 11 is 14.0. The number of aliphatic hydroxyl groups is 1. The van der Waals surface area contributed by atoms with E-state index in [0.29, 0.717) is 62.0 Å². The number of aliphatic carboxylic acids is 1. The van der Waals surface area contributed by atoms with Gasteiger partial charge in [-0.05, 0) is 24.1 Å². The fourth-order valence-electron chi connectivity index (χ4n) is 6.14. The van der Waals surface area contributed by atoms with Crippen LogP contribution in [-0.4, -0.2) is 68.8 Å². The zero-order valence-corrected chi connectivity index (χ0v) is 29.5. The molecule has 2 aromatic carbocycles. The van der Waals surface area contributed by atoms with Gasteiger partial charge < -0.3 is 30.9 Å². The van der Waals surface area contributed by atoms with Crippen LogP contribution in [0.3, 0.4) is 0 Å². The first kappa shape index (κ1) is 36.9. The van der Waals surface area contributed by atoms with Gasteiger partial charge in [-0.2, -0.15) is 0 Å². The quantitative estimate of drug-likeness (QED) is 0.106. The van der Waals surface area contributed by atoms with Gasteiger partial charge in [0, 0.05) is 84.9 Å². The molecule has 1 aliphatic heterocycles. The van der Waals surface area contributed by atoms with Gasteiger partial charge in [0.1, 0.15) is 11.5 Å². The third kappa shape index (κ3) is 8.09. The number of carboxylic acid groups (broad SMARTS) is 1. The molecule has 0 unspecified atom stereocenters. The fraction of sp³-hybridized carbons (Fsp3) is 0.270. The number of hydrogen-bond donors (Lipinski definition) is 5. The minimum atomic E-state index is -1.12. The van der Waals surface area contributed by atoms with Gasteiger partial charge in [0.2, 0.25) is 11.8 Å². The SMILES string of the molecule is COc1nc(-c2cccc(-c3cccc(-c4ccn5c(=O)c(CNC[C@H](O)CC(=O)O)cnc5c4)c3Cl)c2Cl)cc(F)c1CNC[C@H]1CCC(=O)N1. The maximum atomic E-state index is 15.5. The van der Waals surface area contributed by atoms with Crippen molar-refractivity contribution in [2.75, 3.05) is 20.2 Å². The van der Waals surface area contributed by atoms with Gasteiger partial charge in [-0.15, -0.1) is 0 Å². The smallest absolute Gasteiger partial charge is 0.306 e. The zero-order chi connectivity index (χ0) is 36.9. The van der Waals surface area contributed by atoms with Crippen LogP contribution < -0.4 is 26.2 Å². The molecule has 5 aromatic rings. The van der Waals surface area contributed by atoms with E-state index in [1.807, 2.05) is 24.3 Å². The van der Waals surface area contributed by atoms with Crippen LogP contribution >= 0.6 is 23.2 Å². The number of carbonyl (C=O) groups is 2. The van der Waals surface area contributed by atoms with E-state index in [2.05, 4.69) is 25.9 Å². The molecule has 0 radical (unpaired) electrons. The summed E-state index contributed by atoms with van der Waals surface area (Å²) in [5.41, 5.74) is 3.99. The maximum Gasteiger partial charge on any atom is 0.306 e. The van der Waals surface area contributed by atoms with Crippen LogP contribution in [0.25, 0.3) is 39.2 Å². The van der Waals surface area contributed by atoms with Gasteiger partial charge >= 0.3 is 5.97 Å². The number of carboxylic acids is 1. The lowest BCUT2D eigenvalue weighted by Gasteiger charge is -2.16. The van der Waals surface area contributed by atoms with Gasteiger partial charge in [-0.3, -0.25) is 18.8 Å². The molecule has 1 fully saturated rings. The number of halogens is 3. The highest BCUT2D eigenvalue weighted by Gasteiger charge is 2.22. The number of benzene rings is 2. The normalized spacial score (nSPS) is 14.8. The van der Waals surface area contributed by atoms with Gasteiger partial charge in [-0.1, -0.05) is 59.6 Å². The van der Waals surface area contributed by atoms with Crippen molar-refractivity contribution in [2.24, 2.45) is 0 Å². The first-order valence-electron chi connectivity index (χ1n) is 16.5. The molecule has 5 N–H and O–H groups in total. The van der Waals surface area contributed by atoms with Crippen molar-refractivity contribution in [2.45, 2.75) is 44.5 Å². The minimum Gasteiger partial charge on any atom is -0.481 e. The molecule has 4 heterocycles. The lowest BCUT2D eigenvalue weighted by Crippen LogP contribution is -2.35. The third-order valence-electron chi connectivity index (χ3n) is 8.76. The number of pyridine rings is 2. The second-order valence-electron chi connectivity index (χ2n) is 12.4. The molecule has 0 spiro atoms. The Morgan fingerprint density at radius 3 is 2.46 bits per heavy atom. The molecule has 270 valence electrons. The van der Waals surface area contributed by atoms with Crippen molar-refractivity contribution >= 4 is 40.7 Å². The number of nitrogens with zero attached hydrogens (tertiary/aromatic N) is 3. The summed E-state index contributed by atoms with van der Waals surface area (Å²) < 4.78 is 22.4. The number of hydrogen-bond acceptors (Lipinski definition) is 9. The molecule has 1 amide bonds. The average molecular weight is 750 g/mol. The molecule has 3 aromatic heterocycles. The Kier molecular flexibility index (Phi) is 11.5. The first-order valence-corrected chi connectivity index (χ1v) is 17.2. The molecule has 2 atom stereocenters. The predicted molar refractivity (Wildman–Crippen MR) is 195 cm³/mol. The predicted octanol–water partition coefficient (Wildman–Crippen LogP) is 4.84. The second kappa shape index (κ2) is 16.2. The molecule has 0 saturated carbocycles. The first-order chi connectivity index (χ1) is 25.0. The summed E-state index contributed by atoms with van der Waals surface area (Å²) in [6, 6.07) is 15.6. The van der Waals surface area contributed by atoms with E-state index < -0.39 is 24.3 Å². The zero-order valence-electron chi connectivity index (χ0n) is 28.0. The Hall–Kier alpha value is -4.92. The largest absolute Gasteiger partial charge is 0.481 e. The van der Waals surface area contributed by atoms with E-state index in [0.717, 1.165) is 6.42 Å². The molecule has 0 bridgehead atoms. The van der Waals surface area contributed by atoms with E-state index in [1.165, 1.54) is 23.8 Å². The maximum absolute atomic E-state index is 15.5.